The lowest BCUT2D eigenvalue weighted by atomic mass is 10.0. The number of aromatic nitrogens is 1. The van der Waals surface area contributed by atoms with Gasteiger partial charge in [0.2, 0.25) is 0 Å². The van der Waals surface area contributed by atoms with Crippen LogP contribution >= 0.6 is 24.0 Å². The van der Waals surface area contributed by atoms with Crippen molar-refractivity contribution in [1.82, 2.24) is 15.6 Å². The number of H-pyrrole nitrogens is 1. The number of piperidine rings is 1. The number of rotatable bonds is 5. The van der Waals surface area contributed by atoms with Gasteiger partial charge in [0.25, 0.3) is 0 Å². The number of guanidine groups is 1. The number of fused-ring (bicyclic) bond motifs is 1. The topological polar surface area (TPSA) is 55.5 Å². The Bertz CT molecular complexity index is 958. The Morgan fingerprint density at radius 3 is 2.60 bits per heavy atom. The van der Waals surface area contributed by atoms with Gasteiger partial charge in [-0.3, -0.25) is 4.99 Å². The van der Waals surface area contributed by atoms with Crippen LogP contribution < -0.4 is 15.5 Å². The van der Waals surface area contributed by atoms with Gasteiger partial charge in [-0.15, -0.1) is 24.0 Å². The second kappa shape index (κ2) is 10.7. The molecule has 160 valence electrons. The smallest absolute Gasteiger partial charge is 0.191 e. The molecular formula is C24H32IN5. The third-order valence-corrected chi connectivity index (χ3v) is 5.88. The van der Waals surface area contributed by atoms with Crippen molar-refractivity contribution >= 4 is 46.5 Å². The standard InChI is InChI=1S/C24H31N5.HI/c1-18-7-6-10-22-19(17-27-23(18)22)11-14-26-24(25-2)28-20-12-15-29(16-13-20)21-8-4-3-5-9-21;/h3-10,17,20,27H,11-16H2,1-2H3,(H2,25,26,28);1H. The fraction of sp³-hybridized carbons (Fsp3) is 0.375. The van der Waals surface area contributed by atoms with Crippen LogP contribution in [0.25, 0.3) is 10.9 Å². The third kappa shape index (κ3) is 5.28. The van der Waals surface area contributed by atoms with Gasteiger partial charge in [-0.2, -0.15) is 0 Å². The summed E-state index contributed by atoms with van der Waals surface area (Å²) in [5.74, 6) is 0.902. The molecule has 3 aromatic rings. The van der Waals surface area contributed by atoms with Crippen LogP contribution in [0.2, 0.25) is 0 Å². The Labute approximate surface area is 196 Å². The van der Waals surface area contributed by atoms with E-state index in [1.54, 1.807) is 0 Å². The summed E-state index contributed by atoms with van der Waals surface area (Å²) in [5.41, 5.74) is 5.21. The number of halogens is 1. The lowest BCUT2D eigenvalue weighted by Gasteiger charge is -2.34. The summed E-state index contributed by atoms with van der Waals surface area (Å²) in [7, 11) is 1.85. The van der Waals surface area contributed by atoms with Gasteiger partial charge in [0, 0.05) is 55.5 Å². The van der Waals surface area contributed by atoms with E-state index in [4.69, 9.17) is 0 Å². The maximum Gasteiger partial charge on any atom is 0.191 e. The van der Waals surface area contributed by atoms with Gasteiger partial charge in [0.05, 0.1) is 0 Å². The molecule has 1 aliphatic heterocycles. The molecule has 1 aromatic heterocycles. The minimum absolute atomic E-state index is 0. The van der Waals surface area contributed by atoms with Crippen molar-refractivity contribution < 1.29 is 0 Å². The second-order valence-electron chi connectivity index (χ2n) is 7.80. The molecule has 5 nitrogen and oxygen atoms in total. The van der Waals surface area contributed by atoms with E-state index in [0.717, 1.165) is 44.9 Å². The average molecular weight is 517 g/mol. The molecule has 0 radical (unpaired) electrons. The number of aryl methyl sites for hydroxylation is 1. The average Bonchev–Trinajstić information content (AvgIpc) is 3.18. The van der Waals surface area contributed by atoms with Gasteiger partial charge >= 0.3 is 0 Å². The van der Waals surface area contributed by atoms with Crippen LogP contribution in [0, 0.1) is 6.92 Å². The first-order valence-electron chi connectivity index (χ1n) is 10.6. The molecule has 0 aliphatic carbocycles. The van der Waals surface area contributed by atoms with Gasteiger partial charge in [0.15, 0.2) is 5.96 Å². The fourth-order valence-electron chi connectivity index (χ4n) is 4.20. The molecule has 0 unspecified atom stereocenters. The zero-order chi connectivity index (χ0) is 20.1. The van der Waals surface area contributed by atoms with Crippen molar-refractivity contribution in [2.75, 3.05) is 31.6 Å². The summed E-state index contributed by atoms with van der Waals surface area (Å²) in [4.78, 5) is 10.3. The van der Waals surface area contributed by atoms with Gasteiger partial charge in [0.1, 0.15) is 0 Å². The molecular weight excluding hydrogens is 485 g/mol. The first-order chi connectivity index (χ1) is 14.2. The largest absolute Gasteiger partial charge is 0.371 e. The Morgan fingerprint density at radius 1 is 1.10 bits per heavy atom. The summed E-state index contributed by atoms with van der Waals surface area (Å²) in [6, 6.07) is 17.6. The predicted molar refractivity (Wildman–Crippen MR) is 138 cm³/mol. The van der Waals surface area contributed by atoms with E-state index in [2.05, 4.69) is 87.2 Å². The molecule has 0 bridgehead atoms. The van der Waals surface area contributed by atoms with Gasteiger partial charge in [-0.05, 0) is 49.4 Å². The quantitative estimate of drug-likeness (QED) is 0.266. The van der Waals surface area contributed by atoms with Crippen LogP contribution in [0.1, 0.15) is 24.0 Å². The molecule has 1 aliphatic rings. The second-order valence-corrected chi connectivity index (χ2v) is 7.80. The highest BCUT2D eigenvalue weighted by Gasteiger charge is 2.20. The van der Waals surface area contributed by atoms with Crippen molar-refractivity contribution in [3.8, 4) is 0 Å². The van der Waals surface area contributed by atoms with Crippen LogP contribution in [0.4, 0.5) is 5.69 Å². The van der Waals surface area contributed by atoms with E-state index in [1.807, 2.05) is 7.05 Å². The summed E-state index contributed by atoms with van der Waals surface area (Å²) in [6.45, 7) is 5.17. The molecule has 0 saturated carbocycles. The fourth-order valence-corrected chi connectivity index (χ4v) is 4.20. The van der Waals surface area contributed by atoms with Crippen LogP contribution in [0.5, 0.6) is 0 Å². The number of nitrogens with zero attached hydrogens (tertiary/aromatic N) is 2. The zero-order valence-corrected chi connectivity index (χ0v) is 20.1. The minimum atomic E-state index is 0. The molecule has 4 rings (SSSR count). The molecule has 0 spiro atoms. The van der Waals surface area contributed by atoms with Crippen LogP contribution in [0.15, 0.2) is 59.7 Å². The number of aliphatic imine (C=N–C) groups is 1. The third-order valence-electron chi connectivity index (χ3n) is 5.88. The van der Waals surface area contributed by atoms with E-state index in [-0.39, 0.29) is 24.0 Å². The molecule has 0 atom stereocenters. The van der Waals surface area contributed by atoms with Crippen molar-refractivity contribution in [2.45, 2.75) is 32.2 Å². The lowest BCUT2D eigenvalue weighted by Crippen LogP contribution is -2.49. The van der Waals surface area contributed by atoms with E-state index in [1.165, 1.54) is 27.7 Å². The Kier molecular flexibility index (Phi) is 8.01. The van der Waals surface area contributed by atoms with E-state index in [9.17, 15) is 0 Å². The monoisotopic (exact) mass is 517 g/mol. The first-order valence-corrected chi connectivity index (χ1v) is 10.6. The molecule has 0 amide bonds. The maximum atomic E-state index is 4.43. The zero-order valence-electron chi connectivity index (χ0n) is 17.8. The predicted octanol–water partition coefficient (Wildman–Crippen LogP) is 4.47. The summed E-state index contributed by atoms with van der Waals surface area (Å²) in [6.07, 6.45) is 5.35. The van der Waals surface area contributed by atoms with Crippen LogP contribution in [0.3, 0.4) is 0 Å². The van der Waals surface area contributed by atoms with Crippen molar-refractivity contribution in [1.29, 1.82) is 0 Å². The molecule has 6 heteroatoms. The number of hydrogen-bond donors (Lipinski definition) is 3. The number of anilines is 1. The molecule has 1 fully saturated rings. The maximum absolute atomic E-state index is 4.43. The highest BCUT2D eigenvalue weighted by Crippen LogP contribution is 2.21. The Morgan fingerprint density at radius 2 is 1.87 bits per heavy atom. The van der Waals surface area contributed by atoms with Crippen molar-refractivity contribution in [3.05, 3.63) is 65.9 Å². The van der Waals surface area contributed by atoms with Crippen LogP contribution in [-0.2, 0) is 6.42 Å². The molecule has 1 saturated heterocycles. The molecule has 3 N–H and O–H groups in total. The Hall–Kier alpha value is -2.22. The number of aromatic amines is 1. The molecule has 2 aromatic carbocycles. The highest BCUT2D eigenvalue weighted by molar-refractivity contribution is 14.0. The number of para-hydroxylation sites is 2. The summed E-state index contributed by atoms with van der Waals surface area (Å²) >= 11 is 0. The van der Waals surface area contributed by atoms with Gasteiger partial charge in [-0.25, -0.2) is 0 Å². The number of nitrogens with one attached hydrogen (secondary N) is 3. The summed E-state index contributed by atoms with van der Waals surface area (Å²) in [5, 5.41) is 8.42. The van der Waals surface area contributed by atoms with Crippen molar-refractivity contribution in [2.24, 2.45) is 4.99 Å². The van der Waals surface area contributed by atoms with E-state index in [0.29, 0.717) is 6.04 Å². The van der Waals surface area contributed by atoms with Crippen molar-refractivity contribution in [3.63, 3.8) is 0 Å². The van der Waals surface area contributed by atoms with Crippen LogP contribution in [-0.4, -0.2) is 43.7 Å². The number of benzene rings is 2. The highest BCUT2D eigenvalue weighted by atomic mass is 127. The number of hydrogen-bond acceptors (Lipinski definition) is 2. The van der Waals surface area contributed by atoms with Gasteiger partial charge in [-0.1, -0.05) is 36.4 Å². The van der Waals surface area contributed by atoms with E-state index >= 15 is 0 Å². The lowest BCUT2D eigenvalue weighted by molar-refractivity contribution is 0.461. The van der Waals surface area contributed by atoms with Gasteiger partial charge < -0.3 is 20.5 Å². The molecule has 2 heterocycles. The minimum Gasteiger partial charge on any atom is -0.371 e. The summed E-state index contributed by atoms with van der Waals surface area (Å²) < 4.78 is 0. The van der Waals surface area contributed by atoms with E-state index < -0.39 is 0 Å². The first kappa shape index (κ1) is 22.5. The Balaban J connectivity index is 0.00000256. The normalized spacial score (nSPS) is 15.1. The SMILES string of the molecule is CN=C(NCCc1c[nH]c2c(C)cccc12)NC1CCN(c2ccccc2)CC1.I. The molecule has 30 heavy (non-hydrogen) atoms.